The molecule has 0 aromatic heterocycles. The van der Waals surface area contributed by atoms with Crippen molar-refractivity contribution in [2.24, 2.45) is 11.8 Å². The van der Waals surface area contributed by atoms with Crippen LogP contribution in [0.25, 0.3) is 0 Å². The molecule has 3 fully saturated rings. The summed E-state index contributed by atoms with van der Waals surface area (Å²) in [5.41, 5.74) is 0. The molecule has 0 aromatic carbocycles. The van der Waals surface area contributed by atoms with E-state index in [0.29, 0.717) is 12.1 Å². The summed E-state index contributed by atoms with van der Waals surface area (Å²) in [5, 5.41) is 6.87. The van der Waals surface area contributed by atoms with Gasteiger partial charge >= 0.3 is 0 Å². The van der Waals surface area contributed by atoms with Gasteiger partial charge in [0.2, 0.25) is 5.91 Å². The van der Waals surface area contributed by atoms with Crippen LogP contribution in [-0.4, -0.2) is 24.0 Å². The number of hydrogen-bond acceptors (Lipinski definition) is 2. The van der Waals surface area contributed by atoms with Crippen LogP contribution in [0.3, 0.4) is 0 Å². The average molecular weight is 264 g/mol. The molecule has 2 aliphatic carbocycles. The highest BCUT2D eigenvalue weighted by molar-refractivity contribution is 5.82. The first-order valence-corrected chi connectivity index (χ1v) is 8.32. The van der Waals surface area contributed by atoms with Crippen molar-refractivity contribution in [1.29, 1.82) is 0 Å². The van der Waals surface area contributed by atoms with E-state index in [9.17, 15) is 4.79 Å². The fourth-order valence-electron chi connectivity index (χ4n) is 3.91. The minimum Gasteiger partial charge on any atom is -0.352 e. The second kappa shape index (κ2) is 5.82. The third kappa shape index (κ3) is 3.31. The molecular weight excluding hydrogens is 236 g/mol. The highest BCUT2D eigenvalue weighted by atomic mass is 16.2. The summed E-state index contributed by atoms with van der Waals surface area (Å²) < 4.78 is 0. The molecule has 3 aliphatic rings. The SMILES string of the molecule is CCC(CC1CC1)NC(=O)C1CC2CCCCC2N1. The van der Waals surface area contributed by atoms with Crippen LogP contribution in [0.1, 0.15) is 64.7 Å². The molecular formula is C16H28N2O. The number of carbonyl (C=O) groups is 1. The molecule has 0 bridgehead atoms. The van der Waals surface area contributed by atoms with Crippen molar-refractivity contribution in [3.05, 3.63) is 0 Å². The van der Waals surface area contributed by atoms with Crippen molar-refractivity contribution in [3.63, 3.8) is 0 Å². The van der Waals surface area contributed by atoms with Crippen molar-refractivity contribution in [2.75, 3.05) is 0 Å². The van der Waals surface area contributed by atoms with Gasteiger partial charge in [0, 0.05) is 12.1 Å². The normalized spacial score (nSPS) is 35.7. The van der Waals surface area contributed by atoms with E-state index in [-0.39, 0.29) is 11.9 Å². The third-order valence-electron chi connectivity index (χ3n) is 5.33. The number of fused-ring (bicyclic) bond motifs is 1. The van der Waals surface area contributed by atoms with E-state index in [4.69, 9.17) is 0 Å². The topological polar surface area (TPSA) is 41.1 Å². The first kappa shape index (κ1) is 13.4. The van der Waals surface area contributed by atoms with E-state index in [0.717, 1.165) is 24.7 Å². The number of nitrogens with one attached hydrogen (secondary N) is 2. The Morgan fingerprint density at radius 1 is 1.26 bits per heavy atom. The lowest BCUT2D eigenvalue weighted by molar-refractivity contribution is -0.123. The van der Waals surface area contributed by atoms with E-state index in [1.165, 1.54) is 44.9 Å². The molecule has 3 nitrogen and oxygen atoms in total. The van der Waals surface area contributed by atoms with Gasteiger partial charge in [-0.2, -0.15) is 0 Å². The van der Waals surface area contributed by atoms with Gasteiger partial charge in [-0.15, -0.1) is 0 Å². The predicted molar refractivity (Wildman–Crippen MR) is 76.8 cm³/mol. The second-order valence-corrected chi connectivity index (χ2v) is 6.90. The minimum atomic E-state index is 0.0846. The lowest BCUT2D eigenvalue weighted by Gasteiger charge is -2.24. The van der Waals surface area contributed by atoms with Crippen molar-refractivity contribution in [3.8, 4) is 0 Å². The van der Waals surface area contributed by atoms with Gasteiger partial charge in [0.1, 0.15) is 0 Å². The molecule has 1 aliphatic heterocycles. The zero-order valence-electron chi connectivity index (χ0n) is 12.2. The third-order valence-corrected chi connectivity index (χ3v) is 5.33. The van der Waals surface area contributed by atoms with E-state index >= 15 is 0 Å². The predicted octanol–water partition coefficient (Wildman–Crippen LogP) is 2.60. The molecule has 3 heteroatoms. The fraction of sp³-hybridized carbons (Fsp3) is 0.938. The van der Waals surface area contributed by atoms with Crippen LogP contribution < -0.4 is 10.6 Å². The zero-order chi connectivity index (χ0) is 13.2. The standard InChI is InChI=1S/C16H28N2O/c1-2-13(9-11-7-8-11)17-16(19)15-10-12-5-3-4-6-14(12)18-15/h11-15,18H,2-10H2,1H3,(H,17,19). The molecule has 19 heavy (non-hydrogen) atoms. The number of carbonyl (C=O) groups excluding carboxylic acids is 1. The van der Waals surface area contributed by atoms with Gasteiger partial charge in [0.15, 0.2) is 0 Å². The minimum absolute atomic E-state index is 0.0846. The fourth-order valence-corrected chi connectivity index (χ4v) is 3.91. The van der Waals surface area contributed by atoms with Gasteiger partial charge in [0.25, 0.3) is 0 Å². The van der Waals surface area contributed by atoms with Crippen LogP contribution in [0, 0.1) is 11.8 Å². The molecule has 0 radical (unpaired) electrons. The van der Waals surface area contributed by atoms with Crippen LogP contribution >= 0.6 is 0 Å². The maximum atomic E-state index is 12.4. The maximum absolute atomic E-state index is 12.4. The summed E-state index contributed by atoms with van der Waals surface area (Å²) in [6.07, 6.45) is 11.4. The van der Waals surface area contributed by atoms with Crippen LogP contribution in [0.15, 0.2) is 0 Å². The van der Waals surface area contributed by atoms with Gasteiger partial charge in [0.05, 0.1) is 6.04 Å². The molecule has 1 amide bonds. The average Bonchev–Trinajstić information content (AvgIpc) is 3.13. The summed E-state index contributed by atoms with van der Waals surface area (Å²) in [6, 6.07) is 1.11. The number of amides is 1. The Labute approximate surface area is 116 Å². The molecule has 0 aromatic rings. The highest BCUT2D eigenvalue weighted by Gasteiger charge is 2.38. The van der Waals surface area contributed by atoms with Crippen molar-refractivity contribution >= 4 is 5.91 Å². The van der Waals surface area contributed by atoms with Crippen molar-refractivity contribution in [2.45, 2.75) is 82.8 Å². The number of hydrogen-bond donors (Lipinski definition) is 2. The first-order chi connectivity index (χ1) is 9.26. The van der Waals surface area contributed by atoms with E-state index in [1.807, 2.05) is 0 Å². The van der Waals surface area contributed by atoms with E-state index in [2.05, 4.69) is 17.6 Å². The molecule has 4 unspecified atom stereocenters. The van der Waals surface area contributed by atoms with Gasteiger partial charge in [-0.1, -0.05) is 32.6 Å². The summed E-state index contributed by atoms with van der Waals surface area (Å²) >= 11 is 0. The molecule has 3 rings (SSSR count). The Hall–Kier alpha value is -0.570. The van der Waals surface area contributed by atoms with Gasteiger partial charge in [-0.25, -0.2) is 0 Å². The summed E-state index contributed by atoms with van der Waals surface area (Å²) in [5.74, 6) is 1.92. The smallest absolute Gasteiger partial charge is 0.237 e. The Morgan fingerprint density at radius 3 is 2.74 bits per heavy atom. The largest absolute Gasteiger partial charge is 0.352 e. The molecule has 0 spiro atoms. The van der Waals surface area contributed by atoms with E-state index < -0.39 is 0 Å². The van der Waals surface area contributed by atoms with Gasteiger partial charge in [-0.05, 0) is 43.9 Å². The Balaban J connectivity index is 1.49. The molecule has 1 saturated heterocycles. The van der Waals surface area contributed by atoms with Gasteiger partial charge < -0.3 is 10.6 Å². The lowest BCUT2D eigenvalue weighted by Crippen LogP contribution is -2.46. The van der Waals surface area contributed by atoms with Crippen LogP contribution in [0.5, 0.6) is 0 Å². The molecule has 2 N–H and O–H groups in total. The van der Waals surface area contributed by atoms with Crippen LogP contribution in [-0.2, 0) is 4.79 Å². The van der Waals surface area contributed by atoms with E-state index in [1.54, 1.807) is 0 Å². The first-order valence-electron chi connectivity index (χ1n) is 8.32. The van der Waals surface area contributed by atoms with Crippen molar-refractivity contribution in [1.82, 2.24) is 10.6 Å². The summed E-state index contributed by atoms with van der Waals surface area (Å²) in [6.45, 7) is 2.19. The molecule has 1 heterocycles. The summed E-state index contributed by atoms with van der Waals surface area (Å²) in [4.78, 5) is 12.4. The lowest BCUT2D eigenvalue weighted by atomic mass is 9.85. The monoisotopic (exact) mass is 264 g/mol. The van der Waals surface area contributed by atoms with Crippen LogP contribution in [0.2, 0.25) is 0 Å². The zero-order valence-corrected chi connectivity index (χ0v) is 12.2. The quantitative estimate of drug-likeness (QED) is 0.801. The van der Waals surface area contributed by atoms with Crippen LogP contribution in [0.4, 0.5) is 0 Å². The Morgan fingerprint density at radius 2 is 2.05 bits per heavy atom. The Kier molecular flexibility index (Phi) is 4.11. The van der Waals surface area contributed by atoms with Gasteiger partial charge in [-0.3, -0.25) is 4.79 Å². The number of rotatable bonds is 5. The highest BCUT2D eigenvalue weighted by Crippen LogP contribution is 2.35. The maximum Gasteiger partial charge on any atom is 0.237 e. The summed E-state index contributed by atoms with van der Waals surface area (Å²) in [7, 11) is 0. The molecule has 108 valence electrons. The Bertz CT molecular complexity index is 313. The molecule has 4 atom stereocenters. The molecule has 2 saturated carbocycles. The second-order valence-electron chi connectivity index (χ2n) is 6.90. The van der Waals surface area contributed by atoms with Crippen molar-refractivity contribution < 1.29 is 4.79 Å².